The number of benzene rings is 1. The number of rotatable bonds is 3. The molecule has 5 nitrogen and oxygen atoms in total. The molecule has 2 aliphatic rings. The number of sulfone groups is 1. The van der Waals surface area contributed by atoms with E-state index in [1.807, 2.05) is 19.2 Å². The van der Waals surface area contributed by atoms with Crippen LogP contribution in [0, 0.1) is 5.92 Å². The van der Waals surface area contributed by atoms with Crippen LogP contribution < -0.4 is 14.8 Å². The quantitative estimate of drug-likeness (QED) is 0.915. The van der Waals surface area contributed by atoms with E-state index < -0.39 is 9.84 Å². The van der Waals surface area contributed by atoms with Crippen molar-refractivity contribution in [3.05, 3.63) is 22.7 Å². The van der Waals surface area contributed by atoms with Crippen LogP contribution in [0.2, 0.25) is 5.02 Å². The van der Waals surface area contributed by atoms with E-state index in [0.29, 0.717) is 36.2 Å². The van der Waals surface area contributed by atoms with Gasteiger partial charge in [-0.25, -0.2) is 8.42 Å². The van der Waals surface area contributed by atoms with Crippen LogP contribution in [-0.2, 0) is 9.84 Å². The molecule has 3 rings (SSSR count). The molecule has 0 bridgehead atoms. The van der Waals surface area contributed by atoms with E-state index in [4.69, 9.17) is 21.1 Å². The van der Waals surface area contributed by atoms with E-state index in [1.165, 1.54) is 0 Å². The Morgan fingerprint density at radius 3 is 2.76 bits per heavy atom. The SMILES string of the molecule is CNC(c1cc(Cl)c2c(c1)OCCO2)C1CCS(=O)(=O)C1. The number of fused-ring (bicyclic) bond motifs is 1. The maximum absolute atomic E-state index is 11.7. The fourth-order valence-corrected chi connectivity index (χ4v) is 5.19. The number of ether oxygens (including phenoxy) is 2. The fraction of sp³-hybridized carbons (Fsp3) is 0.571. The molecule has 0 amide bonds. The molecule has 2 heterocycles. The molecular formula is C14H18ClNO4S. The fourth-order valence-electron chi connectivity index (χ4n) is 3.07. The predicted molar refractivity (Wildman–Crippen MR) is 81.0 cm³/mol. The van der Waals surface area contributed by atoms with E-state index in [0.717, 1.165) is 5.56 Å². The van der Waals surface area contributed by atoms with Gasteiger partial charge in [-0.2, -0.15) is 0 Å². The van der Waals surface area contributed by atoms with Gasteiger partial charge in [0.2, 0.25) is 0 Å². The third kappa shape index (κ3) is 2.98. The van der Waals surface area contributed by atoms with Gasteiger partial charge >= 0.3 is 0 Å². The van der Waals surface area contributed by atoms with E-state index in [-0.39, 0.29) is 23.5 Å². The van der Waals surface area contributed by atoms with E-state index in [9.17, 15) is 8.42 Å². The van der Waals surface area contributed by atoms with Gasteiger partial charge in [-0.3, -0.25) is 0 Å². The zero-order valence-corrected chi connectivity index (χ0v) is 13.3. The minimum atomic E-state index is -2.91. The highest BCUT2D eigenvalue weighted by Gasteiger charge is 2.34. The average Bonchev–Trinajstić information content (AvgIpc) is 2.80. The Hall–Kier alpha value is -0.980. The van der Waals surface area contributed by atoms with Crippen molar-refractivity contribution in [3.63, 3.8) is 0 Å². The number of nitrogens with one attached hydrogen (secondary N) is 1. The highest BCUT2D eigenvalue weighted by Crippen LogP contribution is 2.41. The molecule has 0 aromatic heterocycles. The van der Waals surface area contributed by atoms with Gasteiger partial charge in [0, 0.05) is 6.04 Å². The maximum Gasteiger partial charge on any atom is 0.179 e. The maximum atomic E-state index is 11.7. The molecule has 2 unspecified atom stereocenters. The second kappa shape index (κ2) is 5.66. The summed E-state index contributed by atoms with van der Waals surface area (Å²) in [6.45, 7) is 0.983. The van der Waals surface area contributed by atoms with Crippen molar-refractivity contribution >= 4 is 21.4 Å². The Morgan fingerprint density at radius 2 is 2.10 bits per heavy atom. The van der Waals surface area contributed by atoms with Gasteiger partial charge in [-0.15, -0.1) is 0 Å². The zero-order valence-electron chi connectivity index (χ0n) is 11.8. The van der Waals surface area contributed by atoms with Gasteiger partial charge in [0.15, 0.2) is 21.3 Å². The highest BCUT2D eigenvalue weighted by molar-refractivity contribution is 7.91. The van der Waals surface area contributed by atoms with Crippen molar-refractivity contribution in [3.8, 4) is 11.5 Å². The lowest BCUT2D eigenvalue weighted by Crippen LogP contribution is -2.26. The van der Waals surface area contributed by atoms with Crippen LogP contribution in [0.3, 0.4) is 0 Å². The molecule has 0 aliphatic carbocycles. The summed E-state index contributed by atoms with van der Waals surface area (Å²) < 4.78 is 34.5. The van der Waals surface area contributed by atoms with Gasteiger partial charge in [0.05, 0.1) is 16.5 Å². The summed E-state index contributed by atoms with van der Waals surface area (Å²) in [5.41, 5.74) is 0.939. The summed E-state index contributed by atoms with van der Waals surface area (Å²) >= 11 is 6.26. The lowest BCUT2D eigenvalue weighted by atomic mass is 9.92. The molecule has 1 N–H and O–H groups in total. The van der Waals surface area contributed by atoms with Crippen LogP contribution in [0.5, 0.6) is 11.5 Å². The first kappa shape index (κ1) is 14.9. The minimum absolute atomic E-state index is 0.0543. The lowest BCUT2D eigenvalue weighted by molar-refractivity contribution is 0.171. The lowest BCUT2D eigenvalue weighted by Gasteiger charge is -2.26. The second-order valence-corrected chi connectivity index (χ2v) is 8.09. The van der Waals surface area contributed by atoms with Crippen molar-refractivity contribution in [2.75, 3.05) is 31.8 Å². The molecule has 21 heavy (non-hydrogen) atoms. The molecule has 0 spiro atoms. The minimum Gasteiger partial charge on any atom is -0.486 e. The van der Waals surface area contributed by atoms with Gasteiger partial charge in [-0.05, 0) is 37.1 Å². The van der Waals surface area contributed by atoms with Gasteiger partial charge in [0.25, 0.3) is 0 Å². The topological polar surface area (TPSA) is 64.6 Å². The van der Waals surface area contributed by atoms with Gasteiger partial charge in [0.1, 0.15) is 13.2 Å². The summed E-state index contributed by atoms with van der Waals surface area (Å²) in [7, 11) is -1.08. The molecule has 2 atom stereocenters. The normalized spacial score (nSPS) is 24.8. The van der Waals surface area contributed by atoms with Crippen LogP contribution in [0.4, 0.5) is 0 Å². The van der Waals surface area contributed by atoms with Crippen molar-refractivity contribution in [2.45, 2.75) is 12.5 Å². The molecule has 0 radical (unpaired) electrons. The number of halogens is 1. The largest absolute Gasteiger partial charge is 0.486 e. The molecule has 1 aromatic rings. The molecule has 0 saturated carbocycles. The number of hydrogen-bond acceptors (Lipinski definition) is 5. The summed E-state index contributed by atoms with van der Waals surface area (Å²) in [6.07, 6.45) is 0.667. The van der Waals surface area contributed by atoms with Crippen LogP contribution >= 0.6 is 11.6 Å². The Bertz CT molecular complexity index is 647. The summed E-state index contributed by atoms with van der Waals surface area (Å²) in [5, 5.41) is 3.72. The second-order valence-electron chi connectivity index (χ2n) is 5.46. The van der Waals surface area contributed by atoms with Crippen LogP contribution in [0.15, 0.2) is 12.1 Å². The predicted octanol–water partition coefficient (Wildman–Crippen LogP) is 1.81. The average molecular weight is 332 g/mol. The third-order valence-corrected chi connectivity index (χ3v) is 6.10. The van der Waals surface area contributed by atoms with E-state index in [2.05, 4.69) is 5.32 Å². The molecule has 1 saturated heterocycles. The monoisotopic (exact) mass is 331 g/mol. The first-order valence-electron chi connectivity index (χ1n) is 6.97. The first-order chi connectivity index (χ1) is 10.00. The molecule has 1 aromatic carbocycles. The summed E-state index contributed by atoms with van der Waals surface area (Å²) in [6, 6.07) is 3.67. The summed E-state index contributed by atoms with van der Waals surface area (Å²) in [4.78, 5) is 0. The zero-order chi connectivity index (χ0) is 15.0. The Labute approximate surface area is 129 Å². The molecular weight excluding hydrogens is 314 g/mol. The van der Waals surface area contributed by atoms with Crippen molar-refractivity contribution in [1.82, 2.24) is 5.32 Å². The molecule has 116 valence electrons. The molecule has 7 heteroatoms. The molecule has 1 fully saturated rings. The van der Waals surface area contributed by atoms with Gasteiger partial charge in [-0.1, -0.05) is 11.6 Å². The Balaban J connectivity index is 1.93. The van der Waals surface area contributed by atoms with Crippen molar-refractivity contribution in [1.29, 1.82) is 0 Å². The standard InChI is InChI=1S/C14H18ClNO4S/c1-16-13(9-2-5-21(17,18)8-9)10-6-11(15)14-12(7-10)19-3-4-20-14/h6-7,9,13,16H,2-5,8H2,1H3. The Morgan fingerprint density at radius 1 is 1.33 bits per heavy atom. The van der Waals surface area contributed by atoms with Gasteiger partial charge < -0.3 is 14.8 Å². The van der Waals surface area contributed by atoms with Crippen molar-refractivity contribution < 1.29 is 17.9 Å². The Kier molecular flexibility index (Phi) is 4.03. The van der Waals surface area contributed by atoms with E-state index >= 15 is 0 Å². The van der Waals surface area contributed by atoms with Crippen LogP contribution in [0.1, 0.15) is 18.0 Å². The smallest absolute Gasteiger partial charge is 0.179 e. The first-order valence-corrected chi connectivity index (χ1v) is 9.17. The molecule has 2 aliphatic heterocycles. The van der Waals surface area contributed by atoms with E-state index in [1.54, 1.807) is 0 Å². The van der Waals surface area contributed by atoms with Crippen LogP contribution in [-0.4, -0.2) is 40.2 Å². The third-order valence-electron chi connectivity index (χ3n) is 4.03. The number of hydrogen-bond donors (Lipinski definition) is 1. The highest BCUT2D eigenvalue weighted by atomic mass is 35.5. The summed E-state index contributed by atoms with van der Waals surface area (Å²) in [5.74, 6) is 1.72. The van der Waals surface area contributed by atoms with Crippen LogP contribution in [0.25, 0.3) is 0 Å². The van der Waals surface area contributed by atoms with Crippen molar-refractivity contribution in [2.24, 2.45) is 5.92 Å².